The first-order valence-electron chi connectivity index (χ1n) is 10.6. The van der Waals surface area contributed by atoms with Crippen LogP contribution >= 0.6 is 0 Å². The van der Waals surface area contributed by atoms with Crippen molar-refractivity contribution in [3.63, 3.8) is 0 Å². The van der Waals surface area contributed by atoms with Crippen LogP contribution in [0.1, 0.15) is 64.7 Å². The lowest BCUT2D eigenvalue weighted by Gasteiger charge is -2.29. The normalized spacial score (nSPS) is 26.1. The summed E-state index contributed by atoms with van der Waals surface area (Å²) >= 11 is 0. The quantitative estimate of drug-likeness (QED) is 0.474. The second-order valence-corrected chi connectivity index (χ2v) is 7.91. The molecule has 0 aromatic heterocycles. The van der Waals surface area contributed by atoms with E-state index in [1.807, 2.05) is 12.2 Å². The molecule has 3 rings (SSSR count). The molecule has 1 saturated heterocycles. The lowest BCUT2D eigenvalue weighted by atomic mass is 9.89. The van der Waals surface area contributed by atoms with Crippen molar-refractivity contribution in [3.05, 3.63) is 46.5 Å². The van der Waals surface area contributed by atoms with Crippen LogP contribution in [0.2, 0.25) is 0 Å². The lowest BCUT2D eigenvalue weighted by Crippen LogP contribution is -2.29. The van der Waals surface area contributed by atoms with E-state index in [-0.39, 0.29) is 11.9 Å². The Hall–Kier alpha value is -1.62. The van der Waals surface area contributed by atoms with E-state index in [0.29, 0.717) is 43.8 Å². The fourth-order valence-corrected chi connectivity index (χ4v) is 4.11. The zero-order valence-corrected chi connectivity index (χ0v) is 17.1. The molecule has 2 aliphatic carbocycles. The predicted molar refractivity (Wildman–Crippen MR) is 106 cm³/mol. The molecule has 0 spiro atoms. The molecule has 0 amide bonds. The molecule has 1 fully saturated rings. The second kappa shape index (κ2) is 10.2. The van der Waals surface area contributed by atoms with Crippen LogP contribution in [-0.4, -0.2) is 26.4 Å². The van der Waals surface area contributed by atoms with Crippen molar-refractivity contribution in [2.24, 2.45) is 5.92 Å². The summed E-state index contributed by atoms with van der Waals surface area (Å²) in [4.78, 5) is 0. The fourth-order valence-electron chi connectivity index (χ4n) is 4.11. The van der Waals surface area contributed by atoms with Crippen LogP contribution in [0.4, 0.5) is 8.78 Å². The third-order valence-electron chi connectivity index (χ3n) is 5.93. The van der Waals surface area contributed by atoms with Crippen LogP contribution in [0.3, 0.4) is 0 Å². The molecule has 3 nitrogen and oxygen atoms in total. The maximum Gasteiger partial charge on any atom is 0.196 e. The number of unbranched alkanes of at least 4 members (excludes halogenated alkanes) is 1. The third-order valence-corrected chi connectivity index (χ3v) is 5.93. The Morgan fingerprint density at radius 2 is 1.93 bits per heavy atom. The highest BCUT2D eigenvalue weighted by molar-refractivity contribution is 5.45. The van der Waals surface area contributed by atoms with E-state index in [0.717, 1.165) is 24.4 Å². The second-order valence-electron chi connectivity index (χ2n) is 7.91. The van der Waals surface area contributed by atoms with E-state index in [4.69, 9.17) is 14.2 Å². The summed E-state index contributed by atoms with van der Waals surface area (Å²) in [5, 5.41) is 0. The summed E-state index contributed by atoms with van der Waals surface area (Å²) in [6.45, 7) is 3.63. The van der Waals surface area contributed by atoms with Crippen LogP contribution in [0.5, 0.6) is 0 Å². The highest BCUT2D eigenvalue weighted by Gasteiger charge is 2.26. The number of halogens is 2. The minimum Gasteiger partial charge on any atom is -0.498 e. The number of methoxy groups -OCH3 is 1. The van der Waals surface area contributed by atoms with Crippen LogP contribution in [0, 0.1) is 5.92 Å². The molecular formula is C23H32F2O3. The molecule has 28 heavy (non-hydrogen) atoms. The van der Waals surface area contributed by atoms with Crippen LogP contribution in [0.25, 0.3) is 0 Å². The van der Waals surface area contributed by atoms with Crippen LogP contribution in [0.15, 0.2) is 46.5 Å². The zero-order valence-electron chi connectivity index (χ0n) is 17.1. The Morgan fingerprint density at radius 3 is 2.57 bits per heavy atom. The molecular weight excluding hydrogens is 362 g/mol. The summed E-state index contributed by atoms with van der Waals surface area (Å²) in [5.74, 6) is 0.0533. The van der Waals surface area contributed by atoms with Gasteiger partial charge in [0.15, 0.2) is 11.7 Å². The SMILES string of the molecule is CCCCC1CCC(COC2=CC=C(C3=C(F)C(F)=C(OC)CC3)CC2)OC1. The van der Waals surface area contributed by atoms with Gasteiger partial charge in [-0.2, -0.15) is 0 Å². The molecule has 2 unspecified atom stereocenters. The van der Waals surface area contributed by atoms with Crippen molar-refractivity contribution in [2.45, 2.75) is 70.8 Å². The Bertz CT molecular complexity index is 667. The lowest BCUT2D eigenvalue weighted by molar-refractivity contribution is -0.0517. The van der Waals surface area contributed by atoms with Gasteiger partial charge in [-0.15, -0.1) is 0 Å². The molecule has 0 aromatic rings. The van der Waals surface area contributed by atoms with Gasteiger partial charge >= 0.3 is 0 Å². The van der Waals surface area contributed by atoms with Gasteiger partial charge in [-0.3, -0.25) is 0 Å². The van der Waals surface area contributed by atoms with Crippen molar-refractivity contribution in [3.8, 4) is 0 Å². The van der Waals surface area contributed by atoms with Crippen LogP contribution in [-0.2, 0) is 14.2 Å². The van der Waals surface area contributed by atoms with E-state index in [2.05, 4.69) is 6.92 Å². The Kier molecular flexibility index (Phi) is 7.72. The smallest absolute Gasteiger partial charge is 0.196 e. The van der Waals surface area contributed by atoms with Crippen molar-refractivity contribution in [1.29, 1.82) is 0 Å². The fraction of sp³-hybridized carbons (Fsp3) is 0.652. The molecule has 1 aliphatic heterocycles. The Labute approximate surface area is 167 Å². The van der Waals surface area contributed by atoms with E-state index in [1.165, 1.54) is 32.8 Å². The number of allylic oxidation sites excluding steroid dienone is 8. The van der Waals surface area contributed by atoms with Gasteiger partial charge in [-0.05, 0) is 55.2 Å². The highest BCUT2D eigenvalue weighted by atomic mass is 19.2. The first-order chi connectivity index (χ1) is 13.6. The summed E-state index contributed by atoms with van der Waals surface area (Å²) < 4.78 is 45.1. The Balaban J connectivity index is 1.50. The van der Waals surface area contributed by atoms with Gasteiger partial charge in [0.25, 0.3) is 0 Å². The van der Waals surface area contributed by atoms with Gasteiger partial charge in [0.1, 0.15) is 12.4 Å². The predicted octanol–water partition coefficient (Wildman–Crippen LogP) is 6.44. The van der Waals surface area contributed by atoms with Crippen molar-refractivity contribution >= 4 is 0 Å². The molecule has 0 radical (unpaired) electrons. The van der Waals surface area contributed by atoms with E-state index >= 15 is 0 Å². The number of ether oxygens (including phenoxy) is 3. The first-order valence-corrected chi connectivity index (χ1v) is 10.6. The number of hydrogen-bond donors (Lipinski definition) is 0. The number of hydrogen-bond acceptors (Lipinski definition) is 3. The third kappa shape index (κ3) is 5.25. The summed E-state index contributed by atoms with van der Waals surface area (Å²) in [5.41, 5.74) is 1.31. The highest BCUT2D eigenvalue weighted by Crippen LogP contribution is 2.38. The standard InChI is InChI=1S/C23H32F2O3/c1-3-4-5-16-6-9-19(27-14-16)15-28-18-10-7-17(8-11-18)20-12-13-21(26-2)23(25)22(20)24/h7,10,16,19H,3-6,8-9,11-15H2,1-2H3. The monoisotopic (exact) mass is 394 g/mol. The van der Waals surface area contributed by atoms with E-state index in [1.54, 1.807) is 0 Å². The Morgan fingerprint density at radius 1 is 1.07 bits per heavy atom. The number of rotatable bonds is 8. The average molecular weight is 395 g/mol. The van der Waals surface area contributed by atoms with Gasteiger partial charge in [-0.1, -0.05) is 25.8 Å². The molecule has 1 heterocycles. The average Bonchev–Trinajstić information content (AvgIpc) is 2.74. The summed E-state index contributed by atoms with van der Waals surface area (Å²) in [7, 11) is 1.38. The van der Waals surface area contributed by atoms with Crippen LogP contribution < -0.4 is 0 Å². The van der Waals surface area contributed by atoms with Crippen molar-refractivity contribution in [1.82, 2.24) is 0 Å². The first kappa shape index (κ1) is 21.1. The van der Waals surface area contributed by atoms with Gasteiger partial charge in [0.2, 0.25) is 0 Å². The maximum atomic E-state index is 14.3. The molecule has 0 N–H and O–H groups in total. The molecule has 3 aliphatic rings. The van der Waals surface area contributed by atoms with Gasteiger partial charge < -0.3 is 14.2 Å². The summed E-state index contributed by atoms with van der Waals surface area (Å²) in [6, 6.07) is 0. The molecule has 5 heteroatoms. The van der Waals surface area contributed by atoms with Crippen molar-refractivity contribution < 1.29 is 23.0 Å². The minimum absolute atomic E-state index is 0.0987. The topological polar surface area (TPSA) is 27.7 Å². The summed E-state index contributed by atoms with van der Waals surface area (Å²) in [6.07, 6.45) is 12.2. The van der Waals surface area contributed by atoms with Gasteiger partial charge in [0.05, 0.1) is 19.0 Å². The minimum atomic E-state index is -0.859. The molecule has 0 bridgehead atoms. The molecule has 2 atom stereocenters. The van der Waals surface area contributed by atoms with Gasteiger partial charge in [-0.25, -0.2) is 8.78 Å². The van der Waals surface area contributed by atoms with Gasteiger partial charge in [0, 0.05) is 19.4 Å². The molecule has 156 valence electrons. The zero-order chi connectivity index (χ0) is 19.9. The largest absolute Gasteiger partial charge is 0.498 e. The molecule has 0 saturated carbocycles. The molecule has 0 aromatic carbocycles. The van der Waals surface area contributed by atoms with E-state index in [9.17, 15) is 8.78 Å². The maximum absolute atomic E-state index is 14.3. The van der Waals surface area contributed by atoms with E-state index < -0.39 is 11.7 Å². The van der Waals surface area contributed by atoms with Crippen molar-refractivity contribution in [2.75, 3.05) is 20.3 Å².